The van der Waals surface area contributed by atoms with Gasteiger partial charge in [0.25, 0.3) is 5.91 Å². The van der Waals surface area contributed by atoms with Crippen molar-refractivity contribution in [1.82, 2.24) is 5.16 Å². The van der Waals surface area contributed by atoms with Gasteiger partial charge in [-0.2, -0.15) is 0 Å². The van der Waals surface area contributed by atoms with Crippen molar-refractivity contribution in [3.8, 4) is 0 Å². The van der Waals surface area contributed by atoms with Crippen molar-refractivity contribution >= 4 is 17.7 Å². The highest BCUT2D eigenvalue weighted by Crippen LogP contribution is 2.06. The number of anilines is 1. The first kappa shape index (κ1) is 12.2. The number of amides is 1. The second kappa shape index (κ2) is 5.26. The number of carbonyl (C=O) groups is 2. The predicted molar refractivity (Wildman–Crippen MR) is 52.9 cm³/mol. The predicted octanol–water partition coefficient (Wildman–Crippen LogP) is 0.411. The first-order valence-corrected chi connectivity index (χ1v) is 4.56. The average molecular weight is 228 g/mol. The van der Waals surface area contributed by atoms with E-state index in [0.29, 0.717) is 5.76 Å². The molecule has 1 rings (SSSR count). The molecule has 1 aromatic heterocycles. The third kappa shape index (κ3) is 3.70. The Balaban J connectivity index is 2.34. The summed E-state index contributed by atoms with van der Waals surface area (Å²) < 4.78 is 9.50. The summed E-state index contributed by atoms with van der Waals surface area (Å²) in [5.74, 6) is -0.768. The molecule has 1 amide bonds. The van der Waals surface area contributed by atoms with Crippen molar-refractivity contribution in [2.45, 2.75) is 20.0 Å². The number of carbonyl (C=O) groups excluding carboxylic acids is 1. The van der Waals surface area contributed by atoms with Crippen molar-refractivity contribution in [1.29, 1.82) is 0 Å². The first-order chi connectivity index (χ1) is 7.49. The zero-order valence-electron chi connectivity index (χ0n) is 8.89. The largest absolute Gasteiger partial charge is 0.479 e. The molecular weight excluding hydrogens is 216 g/mol. The molecule has 1 atom stereocenters. The molecule has 1 aromatic rings. The third-order valence-corrected chi connectivity index (χ3v) is 1.71. The maximum absolute atomic E-state index is 11.2. The molecular formula is C9H12N2O5. The average Bonchev–Trinajstić information content (AvgIpc) is 2.60. The minimum Gasteiger partial charge on any atom is -0.479 e. The van der Waals surface area contributed by atoms with Gasteiger partial charge in [0, 0.05) is 6.07 Å². The molecule has 16 heavy (non-hydrogen) atoms. The lowest BCUT2D eigenvalue weighted by atomic mass is 10.4. The normalized spacial score (nSPS) is 12.1. The third-order valence-electron chi connectivity index (χ3n) is 1.71. The molecule has 0 radical (unpaired) electrons. The molecule has 0 saturated carbocycles. The second-order valence-electron chi connectivity index (χ2n) is 3.16. The summed E-state index contributed by atoms with van der Waals surface area (Å²) in [4.78, 5) is 21.6. The topological polar surface area (TPSA) is 102 Å². The van der Waals surface area contributed by atoms with E-state index in [1.54, 1.807) is 13.0 Å². The molecule has 7 heteroatoms. The fraction of sp³-hybridized carbons (Fsp3) is 0.444. The van der Waals surface area contributed by atoms with Crippen LogP contribution in [0.4, 0.5) is 5.82 Å². The van der Waals surface area contributed by atoms with Crippen LogP contribution in [0.1, 0.15) is 12.7 Å². The van der Waals surface area contributed by atoms with Crippen molar-refractivity contribution < 1.29 is 24.0 Å². The van der Waals surface area contributed by atoms with Crippen LogP contribution in [0.2, 0.25) is 0 Å². The van der Waals surface area contributed by atoms with Gasteiger partial charge in [-0.05, 0) is 13.8 Å². The zero-order chi connectivity index (χ0) is 12.1. The molecule has 0 fully saturated rings. The van der Waals surface area contributed by atoms with Crippen molar-refractivity contribution in [2.75, 3.05) is 11.9 Å². The van der Waals surface area contributed by atoms with Crippen LogP contribution in [0.25, 0.3) is 0 Å². The number of hydrogen-bond acceptors (Lipinski definition) is 5. The summed E-state index contributed by atoms with van der Waals surface area (Å²) in [6, 6.07) is 1.54. The SMILES string of the molecule is Cc1cc(NC(=O)CO[C@H](C)C(=O)O)no1. The summed E-state index contributed by atoms with van der Waals surface area (Å²) in [6.45, 7) is 2.68. The van der Waals surface area contributed by atoms with Crippen LogP contribution >= 0.6 is 0 Å². The summed E-state index contributed by atoms with van der Waals surface area (Å²) in [6.07, 6.45) is -1.02. The van der Waals surface area contributed by atoms with Gasteiger partial charge >= 0.3 is 5.97 Å². The van der Waals surface area contributed by atoms with Gasteiger partial charge in [0.05, 0.1) is 0 Å². The Morgan fingerprint density at radius 2 is 2.38 bits per heavy atom. The molecule has 0 aliphatic rings. The number of nitrogens with one attached hydrogen (secondary N) is 1. The lowest BCUT2D eigenvalue weighted by Crippen LogP contribution is -2.26. The number of ether oxygens (including phenoxy) is 1. The van der Waals surface area contributed by atoms with Gasteiger partial charge in [-0.25, -0.2) is 4.79 Å². The van der Waals surface area contributed by atoms with Crippen molar-refractivity contribution in [3.63, 3.8) is 0 Å². The maximum Gasteiger partial charge on any atom is 0.332 e. The van der Waals surface area contributed by atoms with E-state index in [-0.39, 0.29) is 12.4 Å². The minimum atomic E-state index is -1.12. The molecule has 0 bridgehead atoms. The Hall–Kier alpha value is -1.89. The van der Waals surface area contributed by atoms with Crippen LogP contribution in [0.3, 0.4) is 0 Å². The Morgan fingerprint density at radius 3 is 2.88 bits per heavy atom. The molecule has 1 heterocycles. The summed E-state index contributed by atoms with van der Waals surface area (Å²) in [7, 11) is 0. The second-order valence-corrected chi connectivity index (χ2v) is 3.16. The van der Waals surface area contributed by atoms with E-state index in [0.717, 1.165) is 0 Å². The fourth-order valence-corrected chi connectivity index (χ4v) is 0.876. The Kier molecular flexibility index (Phi) is 4.01. The van der Waals surface area contributed by atoms with Gasteiger partial charge < -0.3 is 19.7 Å². The number of aromatic nitrogens is 1. The zero-order valence-corrected chi connectivity index (χ0v) is 8.89. The molecule has 0 unspecified atom stereocenters. The Labute approximate surface area is 91.4 Å². The highest BCUT2D eigenvalue weighted by atomic mass is 16.5. The van der Waals surface area contributed by atoms with Crippen LogP contribution in [-0.2, 0) is 14.3 Å². The Morgan fingerprint density at radius 1 is 1.69 bits per heavy atom. The van der Waals surface area contributed by atoms with Crippen LogP contribution in [0, 0.1) is 6.92 Å². The quantitative estimate of drug-likeness (QED) is 0.756. The van der Waals surface area contributed by atoms with Gasteiger partial charge in [-0.3, -0.25) is 4.79 Å². The number of aryl methyl sites for hydroxylation is 1. The van der Waals surface area contributed by atoms with Gasteiger partial charge in [-0.15, -0.1) is 0 Å². The van der Waals surface area contributed by atoms with Gasteiger partial charge in [0.1, 0.15) is 12.4 Å². The summed E-state index contributed by atoms with van der Waals surface area (Å²) in [5.41, 5.74) is 0. The van der Waals surface area contributed by atoms with Gasteiger partial charge in [0.15, 0.2) is 11.9 Å². The number of aliphatic carboxylic acids is 1. The first-order valence-electron chi connectivity index (χ1n) is 4.56. The molecule has 0 aliphatic heterocycles. The minimum absolute atomic E-state index is 0.272. The van der Waals surface area contributed by atoms with E-state index in [4.69, 9.17) is 14.4 Å². The number of rotatable bonds is 5. The van der Waals surface area contributed by atoms with E-state index >= 15 is 0 Å². The lowest BCUT2D eigenvalue weighted by Gasteiger charge is -2.07. The molecule has 0 aromatic carbocycles. The number of nitrogens with zero attached hydrogens (tertiary/aromatic N) is 1. The summed E-state index contributed by atoms with van der Waals surface area (Å²) >= 11 is 0. The summed E-state index contributed by atoms with van der Waals surface area (Å²) in [5, 5.41) is 14.4. The molecule has 0 aliphatic carbocycles. The van der Waals surface area contributed by atoms with E-state index in [9.17, 15) is 9.59 Å². The Bertz CT molecular complexity index is 387. The highest BCUT2D eigenvalue weighted by molar-refractivity contribution is 5.90. The molecule has 7 nitrogen and oxygen atoms in total. The number of hydrogen-bond donors (Lipinski definition) is 2. The fourth-order valence-electron chi connectivity index (χ4n) is 0.876. The molecule has 0 spiro atoms. The molecule has 2 N–H and O–H groups in total. The number of carboxylic acids is 1. The van der Waals surface area contributed by atoms with Crippen molar-refractivity contribution in [2.24, 2.45) is 0 Å². The smallest absolute Gasteiger partial charge is 0.332 e. The van der Waals surface area contributed by atoms with Gasteiger partial charge in [0.2, 0.25) is 0 Å². The van der Waals surface area contributed by atoms with Crippen molar-refractivity contribution in [3.05, 3.63) is 11.8 Å². The van der Waals surface area contributed by atoms with Crippen LogP contribution in [0.15, 0.2) is 10.6 Å². The monoisotopic (exact) mass is 228 g/mol. The van der Waals surface area contributed by atoms with Crippen LogP contribution in [0.5, 0.6) is 0 Å². The maximum atomic E-state index is 11.2. The number of carboxylic acid groups (broad SMARTS) is 1. The van der Waals surface area contributed by atoms with Crippen LogP contribution < -0.4 is 5.32 Å². The van der Waals surface area contributed by atoms with E-state index in [2.05, 4.69) is 10.5 Å². The van der Waals surface area contributed by atoms with Gasteiger partial charge in [-0.1, -0.05) is 5.16 Å². The van der Waals surface area contributed by atoms with E-state index in [1.165, 1.54) is 6.92 Å². The molecule has 88 valence electrons. The standard InChI is InChI=1S/C9H12N2O5/c1-5-3-7(11-16-5)10-8(12)4-15-6(2)9(13)14/h3,6H,4H2,1-2H3,(H,13,14)(H,10,11,12)/t6-/m1/s1. The van der Waals surface area contributed by atoms with E-state index in [1.807, 2.05) is 0 Å². The highest BCUT2D eigenvalue weighted by Gasteiger charge is 2.13. The van der Waals surface area contributed by atoms with E-state index < -0.39 is 18.0 Å². The van der Waals surface area contributed by atoms with Crippen LogP contribution in [-0.4, -0.2) is 34.9 Å². The molecule has 0 saturated heterocycles. The lowest BCUT2D eigenvalue weighted by molar-refractivity contribution is -0.150.